The molecule has 0 saturated heterocycles. The van der Waals surface area contributed by atoms with E-state index in [0.717, 1.165) is 28.7 Å². The van der Waals surface area contributed by atoms with Gasteiger partial charge >= 0.3 is 0 Å². The molecule has 0 atom stereocenters. The lowest BCUT2D eigenvalue weighted by molar-refractivity contribution is 0.0975. The van der Waals surface area contributed by atoms with Crippen molar-refractivity contribution in [2.24, 2.45) is 0 Å². The van der Waals surface area contributed by atoms with E-state index < -0.39 is 0 Å². The van der Waals surface area contributed by atoms with Crippen molar-refractivity contribution in [3.05, 3.63) is 40.7 Å². The molecule has 3 aromatic rings. The van der Waals surface area contributed by atoms with E-state index >= 15 is 0 Å². The molecule has 0 saturated carbocycles. The molecule has 3 rings (SSSR count). The third-order valence-electron chi connectivity index (χ3n) is 4.43. The predicted octanol–water partition coefficient (Wildman–Crippen LogP) is 4.49. The average molecular weight is 442 g/mol. The summed E-state index contributed by atoms with van der Waals surface area (Å²) in [4.78, 5) is 21.9. The van der Waals surface area contributed by atoms with Crippen molar-refractivity contribution in [3.8, 4) is 0 Å². The fourth-order valence-corrected chi connectivity index (χ4v) is 4.14. The first-order valence-electron chi connectivity index (χ1n) is 8.96. The quantitative estimate of drug-likeness (QED) is 0.541. The van der Waals surface area contributed by atoms with Crippen LogP contribution in [0, 0.1) is 6.92 Å². The summed E-state index contributed by atoms with van der Waals surface area (Å²) < 4.78 is 2.75. The van der Waals surface area contributed by atoms with Gasteiger partial charge in [-0.05, 0) is 64.7 Å². The van der Waals surface area contributed by atoms with E-state index in [9.17, 15) is 4.79 Å². The Labute approximate surface area is 180 Å². The van der Waals surface area contributed by atoms with E-state index in [1.807, 2.05) is 40.1 Å². The number of aryl methyl sites for hydroxylation is 2. The van der Waals surface area contributed by atoms with Gasteiger partial charge in [0.05, 0.1) is 10.2 Å². The van der Waals surface area contributed by atoms with E-state index in [1.54, 1.807) is 21.8 Å². The van der Waals surface area contributed by atoms with Crippen molar-refractivity contribution in [2.45, 2.75) is 26.8 Å². The van der Waals surface area contributed by atoms with Crippen LogP contribution in [0.4, 0.5) is 5.13 Å². The zero-order valence-electron chi connectivity index (χ0n) is 16.5. The minimum Gasteiger partial charge on any atom is -0.309 e. The molecular weight excluding hydrogens is 417 g/mol. The molecule has 0 aliphatic heterocycles. The van der Waals surface area contributed by atoms with Crippen LogP contribution < -0.4 is 4.90 Å². The largest absolute Gasteiger partial charge is 0.309 e. The van der Waals surface area contributed by atoms with Crippen molar-refractivity contribution >= 4 is 56.6 Å². The Morgan fingerprint density at radius 1 is 1.25 bits per heavy atom. The van der Waals surface area contributed by atoms with Gasteiger partial charge < -0.3 is 4.90 Å². The van der Waals surface area contributed by atoms with Crippen LogP contribution in [0.2, 0.25) is 5.02 Å². The third kappa shape index (κ3) is 4.66. The number of rotatable bonds is 7. The predicted molar refractivity (Wildman–Crippen MR) is 119 cm³/mol. The maximum atomic E-state index is 13.3. The SMILES string of the molecule is CCn1nccc1C(=O)N(CCCN(C)C)c1nc2c(C)c(Cl)ccc2s1.Cl. The molecule has 0 spiro atoms. The fourth-order valence-electron chi connectivity index (χ4n) is 2.94. The molecule has 0 fully saturated rings. The summed E-state index contributed by atoms with van der Waals surface area (Å²) in [6.45, 7) is 6.07. The summed E-state index contributed by atoms with van der Waals surface area (Å²) in [5.41, 5.74) is 2.38. The number of hydrogen-bond donors (Lipinski definition) is 0. The highest BCUT2D eigenvalue weighted by Crippen LogP contribution is 2.34. The number of nitrogens with zero attached hydrogens (tertiary/aromatic N) is 5. The van der Waals surface area contributed by atoms with Crippen LogP contribution in [0.5, 0.6) is 0 Å². The number of aromatic nitrogens is 3. The average Bonchev–Trinajstić information content (AvgIpc) is 3.28. The first-order chi connectivity index (χ1) is 12.9. The molecule has 2 heterocycles. The van der Waals surface area contributed by atoms with Crippen LogP contribution in [-0.2, 0) is 6.54 Å². The number of anilines is 1. The highest BCUT2D eigenvalue weighted by molar-refractivity contribution is 7.22. The topological polar surface area (TPSA) is 54.3 Å². The van der Waals surface area contributed by atoms with Crippen molar-refractivity contribution in [1.29, 1.82) is 0 Å². The molecule has 0 aliphatic rings. The second-order valence-corrected chi connectivity index (χ2v) is 8.08. The van der Waals surface area contributed by atoms with Gasteiger partial charge in [0.2, 0.25) is 0 Å². The molecule has 0 radical (unpaired) electrons. The van der Waals surface area contributed by atoms with Crippen molar-refractivity contribution in [3.63, 3.8) is 0 Å². The maximum absolute atomic E-state index is 13.3. The van der Waals surface area contributed by atoms with Gasteiger partial charge in [0.15, 0.2) is 5.13 Å². The summed E-state index contributed by atoms with van der Waals surface area (Å²) in [7, 11) is 4.06. The van der Waals surface area contributed by atoms with Gasteiger partial charge in [-0.1, -0.05) is 22.9 Å². The summed E-state index contributed by atoms with van der Waals surface area (Å²) in [5.74, 6) is -0.0732. The molecule has 152 valence electrons. The number of carbonyl (C=O) groups is 1. The molecule has 9 heteroatoms. The zero-order chi connectivity index (χ0) is 19.6. The van der Waals surface area contributed by atoms with Crippen molar-refractivity contribution in [2.75, 3.05) is 32.1 Å². The molecule has 0 aliphatic carbocycles. The number of halogens is 2. The normalized spacial score (nSPS) is 11.1. The summed E-state index contributed by atoms with van der Waals surface area (Å²) >= 11 is 7.76. The molecular formula is C19H25Cl2N5OS. The number of carbonyl (C=O) groups excluding carboxylic acids is 1. The Bertz CT molecular complexity index is 953. The van der Waals surface area contributed by atoms with Gasteiger partial charge in [0, 0.05) is 24.3 Å². The Balaban J connectivity index is 0.00000280. The first kappa shape index (κ1) is 22.6. The summed E-state index contributed by atoms with van der Waals surface area (Å²) in [6.07, 6.45) is 2.52. The van der Waals surface area contributed by atoms with Crippen LogP contribution in [0.3, 0.4) is 0 Å². The monoisotopic (exact) mass is 441 g/mol. The Morgan fingerprint density at radius 2 is 2.00 bits per heavy atom. The standard InChI is InChI=1S/C19H24ClN5OS.ClH/c1-5-25-15(9-10-21-25)18(26)24(12-6-11-23(3)4)19-22-17-13(2)14(20)7-8-16(17)27-19;/h7-10H,5-6,11-12H2,1-4H3;1H. The van der Waals surface area contributed by atoms with Crippen LogP contribution >= 0.6 is 35.3 Å². The molecule has 1 amide bonds. The first-order valence-corrected chi connectivity index (χ1v) is 10.2. The number of amides is 1. The lowest BCUT2D eigenvalue weighted by Gasteiger charge is -2.21. The molecule has 2 aromatic heterocycles. The Kier molecular flexibility index (Phi) is 7.83. The third-order valence-corrected chi connectivity index (χ3v) is 5.89. The Hall–Kier alpha value is -1.67. The highest BCUT2D eigenvalue weighted by atomic mass is 35.5. The van der Waals surface area contributed by atoms with E-state index in [-0.39, 0.29) is 18.3 Å². The molecule has 0 bridgehead atoms. The van der Waals surface area contributed by atoms with Crippen LogP contribution in [0.15, 0.2) is 24.4 Å². The van der Waals surface area contributed by atoms with Gasteiger partial charge in [-0.25, -0.2) is 4.98 Å². The van der Waals surface area contributed by atoms with Crippen LogP contribution in [-0.4, -0.2) is 52.8 Å². The molecule has 0 N–H and O–H groups in total. The van der Waals surface area contributed by atoms with Gasteiger partial charge in [-0.2, -0.15) is 5.10 Å². The fraction of sp³-hybridized carbons (Fsp3) is 0.421. The molecule has 1 aromatic carbocycles. The van der Waals surface area contributed by atoms with Crippen LogP contribution in [0.1, 0.15) is 29.4 Å². The van der Waals surface area contributed by atoms with Gasteiger partial charge in [0.25, 0.3) is 5.91 Å². The number of hydrogen-bond acceptors (Lipinski definition) is 5. The second kappa shape index (κ2) is 9.69. The zero-order valence-corrected chi connectivity index (χ0v) is 18.9. The summed E-state index contributed by atoms with van der Waals surface area (Å²) in [6, 6.07) is 5.61. The van der Waals surface area contributed by atoms with Gasteiger partial charge in [-0.15, -0.1) is 12.4 Å². The lowest BCUT2D eigenvalue weighted by atomic mass is 10.2. The van der Waals surface area contributed by atoms with Crippen LogP contribution in [0.25, 0.3) is 10.2 Å². The van der Waals surface area contributed by atoms with Crippen molar-refractivity contribution < 1.29 is 4.79 Å². The second-order valence-electron chi connectivity index (χ2n) is 6.66. The summed E-state index contributed by atoms with van der Waals surface area (Å²) in [5, 5.41) is 5.62. The number of fused-ring (bicyclic) bond motifs is 1. The maximum Gasteiger partial charge on any atom is 0.278 e. The van der Waals surface area contributed by atoms with E-state index in [4.69, 9.17) is 16.6 Å². The molecule has 6 nitrogen and oxygen atoms in total. The smallest absolute Gasteiger partial charge is 0.278 e. The van der Waals surface area contributed by atoms with Gasteiger partial charge in [0.1, 0.15) is 5.69 Å². The number of benzene rings is 1. The van der Waals surface area contributed by atoms with E-state index in [2.05, 4.69) is 10.00 Å². The van der Waals surface area contributed by atoms with E-state index in [0.29, 0.717) is 28.9 Å². The van der Waals surface area contributed by atoms with Crippen molar-refractivity contribution in [1.82, 2.24) is 19.7 Å². The lowest BCUT2D eigenvalue weighted by Crippen LogP contribution is -2.34. The highest BCUT2D eigenvalue weighted by Gasteiger charge is 2.24. The number of thiazole rings is 1. The minimum absolute atomic E-state index is 0. The van der Waals surface area contributed by atoms with E-state index in [1.165, 1.54) is 11.3 Å². The minimum atomic E-state index is -0.0732. The van der Waals surface area contributed by atoms with Gasteiger partial charge in [-0.3, -0.25) is 14.4 Å². The molecule has 0 unspecified atom stereocenters. The molecule has 28 heavy (non-hydrogen) atoms. The Morgan fingerprint density at radius 3 is 2.68 bits per heavy atom.